The second kappa shape index (κ2) is 5.76. The maximum atomic E-state index is 4.83. The minimum absolute atomic E-state index is 0.433. The Balaban J connectivity index is 1.94. The fourth-order valence-corrected chi connectivity index (χ4v) is 3.37. The molecule has 2 aromatic heterocycles. The predicted molar refractivity (Wildman–Crippen MR) is 86.6 cm³/mol. The van der Waals surface area contributed by atoms with E-state index in [9.17, 15) is 0 Å². The molecule has 3 heterocycles. The summed E-state index contributed by atoms with van der Waals surface area (Å²) >= 11 is 0. The molecule has 0 unspecified atom stereocenters. The molecule has 2 aromatic rings. The third kappa shape index (κ3) is 2.69. The Hall–Kier alpha value is -1.42. The van der Waals surface area contributed by atoms with Gasteiger partial charge >= 0.3 is 0 Å². The molecule has 0 saturated carbocycles. The van der Waals surface area contributed by atoms with Gasteiger partial charge in [0, 0.05) is 37.3 Å². The van der Waals surface area contributed by atoms with Crippen LogP contribution in [0.1, 0.15) is 58.3 Å². The average Bonchev–Trinajstić information content (AvgIpc) is 2.87. The van der Waals surface area contributed by atoms with E-state index in [0.29, 0.717) is 18.0 Å². The first kappa shape index (κ1) is 14.5. The zero-order chi connectivity index (χ0) is 15.0. The molecule has 4 nitrogen and oxygen atoms in total. The molecule has 1 aliphatic rings. The molecule has 0 atom stereocenters. The molecule has 3 rings (SSSR count). The largest absolute Gasteiger partial charge is 0.309 e. The summed E-state index contributed by atoms with van der Waals surface area (Å²) in [7, 11) is 0. The SMILES string of the molecule is CC(C)c1nc2cccnc2n1C1CCN(C(C)C)CC1. The van der Waals surface area contributed by atoms with Gasteiger partial charge in [0.2, 0.25) is 0 Å². The molecule has 0 bridgehead atoms. The fourth-order valence-electron chi connectivity index (χ4n) is 3.37. The monoisotopic (exact) mass is 286 g/mol. The van der Waals surface area contributed by atoms with Crippen LogP contribution in [0.4, 0.5) is 0 Å². The van der Waals surface area contributed by atoms with Crippen LogP contribution in [0, 0.1) is 0 Å². The second-order valence-electron chi connectivity index (χ2n) is 6.70. The number of hydrogen-bond acceptors (Lipinski definition) is 3. The summed E-state index contributed by atoms with van der Waals surface area (Å²) in [6.07, 6.45) is 4.27. The lowest BCUT2D eigenvalue weighted by Gasteiger charge is -2.35. The molecule has 0 spiro atoms. The van der Waals surface area contributed by atoms with Crippen LogP contribution in [-0.2, 0) is 0 Å². The van der Waals surface area contributed by atoms with Crippen LogP contribution in [0.15, 0.2) is 18.3 Å². The number of aromatic nitrogens is 3. The number of nitrogens with zero attached hydrogens (tertiary/aromatic N) is 4. The maximum Gasteiger partial charge on any atom is 0.160 e. The van der Waals surface area contributed by atoms with Gasteiger partial charge in [0.1, 0.15) is 11.3 Å². The number of likely N-dealkylation sites (tertiary alicyclic amines) is 1. The lowest BCUT2D eigenvalue weighted by molar-refractivity contribution is 0.151. The Bertz CT molecular complexity index is 606. The molecule has 114 valence electrons. The van der Waals surface area contributed by atoms with E-state index >= 15 is 0 Å². The normalized spacial score (nSPS) is 18.2. The van der Waals surface area contributed by atoms with Gasteiger partial charge in [0.05, 0.1) is 0 Å². The zero-order valence-electron chi connectivity index (χ0n) is 13.6. The molecule has 0 aromatic carbocycles. The van der Waals surface area contributed by atoms with E-state index < -0.39 is 0 Å². The number of imidazole rings is 1. The van der Waals surface area contributed by atoms with Crippen LogP contribution < -0.4 is 0 Å². The highest BCUT2D eigenvalue weighted by molar-refractivity contribution is 5.71. The van der Waals surface area contributed by atoms with E-state index in [4.69, 9.17) is 4.98 Å². The van der Waals surface area contributed by atoms with E-state index in [2.05, 4.69) is 48.2 Å². The van der Waals surface area contributed by atoms with Crippen LogP contribution in [0.5, 0.6) is 0 Å². The summed E-state index contributed by atoms with van der Waals surface area (Å²) in [5.41, 5.74) is 2.09. The number of rotatable bonds is 3. The number of hydrogen-bond donors (Lipinski definition) is 0. The van der Waals surface area contributed by atoms with Crippen molar-refractivity contribution in [2.45, 2.75) is 58.5 Å². The van der Waals surface area contributed by atoms with Crippen LogP contribution >= 0.6 is 0 Å². The Labute approximate surface area is 127 Å². The van der Waals surface area contributed by atoms with E-state index in [0.717, 1.165) is 11.2 Å². The van der Waals surface area contributed by atoms with Crippen molar-refractivity contribution in [3.05, 3.63) is 24.2 Å². The molecule has 1 fully saturated rings. The Morgan fingerprint density at radius 3 is 2.48 bits per heavy atom. The summed E-state index contributed by atoms with van der Waals surface area (Å²) < 4.78 is 2.41. The van der Waals surface area contributed by atoms with E-state index in [1.165, 1.54) is 31.8 Å². The maximum absolute atomic E-state index is 4.83. The van der Waals surface area contributed by atoms with Gasteiger partial charge in [0.25, 0.3) is 0 Å². The van der Waals surface area contributed by atoms with Gasteiger partial charge < -0.3 is 9.47 Å². The predicted octanol–water partition coefficient (Wildman–Crippen LogP) is 3.60. The standard InChI is InChI=1S/C17H26N4/c1-12(2)16-19-15-6-5-9-18-17(15)21(16)14-7-10-20(11-8-14)13(3)4/h5-6,9,12-14H,7-8,10-11H2,1-4H3. The molecule has 0 radical (unpaired) electrons. The molecular formula is C17H26N4. The first-order chi connectivity index (χ1) is 10.1. The first-order valence-electron chi connectivity index (χ1n) is 8.15. The van der Waals surface area contributed by atoms with Gasteiger partial charge in [-0.25, -0.2) is 9.97 Å². The van der Waals surface area contributed by atoms with Crippen molar-refractivity contribution in [1.82, 2.24) is 19.4 Å². The van der Waals surface area contributed by atoms with Gasteiger partial charge in [-0.3, -0.25) is 0 Å². The van der Waals surface area contributed by atoms with Crippen molar-refractivity contribution in [1.29, 1.82) is 0 Å². The van der Waals surface area contributed by atoms with Crippen molar-refractivity contribution in [2.24, 2.45) is 0 Å². The van der Waals surface area contributed by atoms with E-state index in [1.54, 1.807) is 0 Å². The zero-order valence-corrected chi connectivity index (χ0v) is 13.6. The van der Waals surface area contributed by atoms with Gasteiger partial charge in [-0.2, -0.15) is 0 Å². The topological polar surface area (TPSA) is 34.0 Å². The van der Waals surface area contributed by atoms with Crippen molar-refractivity contribution >= 4 is 11.2 Å². The summed E-state index contributed by atoms with van der Waals surface area (Å²) in [5.74, 6) is 1.62. The van der Waals surface area contributed by atoms with Crippen molar-refractivity contribution < 1.29 is 0 Å². The van der Waals surface area contributed by atoms with Gasteiger partial charge in [-0.05, 0) is 38.8 Å². The molecule has 4 heteroatoms. The van der Waals surface area contributed by atoms with Crippen molar-refractivity contribution in [3.8, 4) is 0 Å². The minimum Gasteiger partial charge on any atom is -0.309 e. The number of pyridine rings is 1. The van der Waals surface area contributed by atoms with Crippen molar-refractivity contribution in [3.63, 3.8) is 0 Å². The highest BCUT2D eigenvalue weighted by atomic mass is 15.2. The van der Waals surface area contributed by atoms with E-state index in [1.807, 2.05) is 12.3 Å². The van der Waals surface area contributed by atoms with Crippen LogP contribution in [0.2, 0.25) is 0 Å². The highest BCUT2D eigenvalue weighted by Crippen LogP contribution is 2.31. The Morgan fingerprint density at radius 2 is 1.86 bits per heavy atom. The molecule has 1 saturated heterocycles. The fraction of sp³-hybridized carbons (Fsp3) is 0.647. The number of fused-ring (bicyclic) bond motifs is 1. The van der Waals surface area contributed by atoms with Crippen LogP contribution in [-0.4, -0.2) is 38.6 Å². The third-order valence-electron chi connectivity index (χ3n) is 4.59. The molecule has 21 heavy (non-hydrogen) atoms. The van der Waals surface area contributed by atoms with Crippen LogP contribution in [0.25, 0.3) is 11.2 Å². The summed E-state index contributed by atoms with van der Waals surface area (Å²) in [5, 5.41) is 0. The molecule has 1 aliphatic heterocycles. The molecular weight excluding hydrogens is 260 g/mol. The quantitative estimate of drug-likeness (QED) is 0.864. The molecule has 0 amide bonds. The lowest BCUT2D eigenvalue weighted by Crippen LogP contribution is -2.39. The van der Waals surface area contributed by atoms with Crippen LogP contribution in [0.3, 0.4) is 0 Å². The molecule has 0 N–H and O–H groups in total. The highest BCUT2D eigenvalue weighted by Gasteiger charge is 2.26. The number of piperidine rings is 1. The van der Waals surface area contributed by atoms with Crippen molar-refractivity contribution in [2.75, 3.05) is 13.1 Å². The second-order valence-corrected chi connectivity index (χ2v) is 6.70. The van der Waals surface area contributed by atoms with Gasteiger partial charge in [-0.15, -0.1) is 0 Å². The average molecular weight is 286 g/mol. The molecule has 0 aliphatic carbocycles. The summed E-state index contributed by atoms with van der Waals surface area (Å²) in [6.45, 7) is 11.4. The Morgan fingerprint density at radius 1 is 1.14 bits per heavy atom. The van der Waals surface area contributed by atoms with E-state index in [-0.39, 0.29) is 0 Å². The van der Waals surface area contributed by atoms with Gasteiger partial charge in [0.15, 0.2) is 5.65 Å². The smallest absolute Gasteiger partial charge is 0.160 e. The summed E-state index contributed by atoms with van der Waals surface area (Å²) in [4.78, 5) is 12.0. The third-order valence-corrected chi connectivity index (χ3v) is 4.59. The van der Waals surface area contributed by atoms with Gasteiger partial charge in [-0.1, -0.05) is 13.8 Å². The Kier molecular flexibility index (Phi) is 3.98. The first-order valence-corrected chi connectivity index (χ1v) is 8.15. The lowest BCUT2D eigenvalue weighted by atomic mass is 10.0. The summed E-state index contributed by atoms with van der Waals surface area (Å²) in [6, 6.07) is 5.24. The minimum atomic E-state index is 0.433.